The lowest BCUT2D eigenvalue weighted by Gasteiger charge is -2.34. The van der Waals surface area contributed by atoms with Gasteiger partial charge in [-0.25, -0.2) is 9.97 Å². The first-order valence-corrected chi connectivity index (χ1v) is 8.88. The van der Waals surface area contributed by atoms with Crippen LogP contribution in [0.2, 0.25) is 0 Å². The fraction of sp³-hybridized carbons (Fsp3) is 0.444. The number of anilines is 1. The molecule has 3 heterocycles. The molecule has 9 heteroatoms. The van der Waals surface area contributed by atoms with Crippen LogP contribution in [0.3, 0.4) is 0 Å². The van der Waals surface area contributed by atoms with E-state index in [1.165, 1.54) is 0 Å². The zero-order valence-electron chi connectivity index (χ0n) is 15.5. The molecule has 9 nitrogen and oxygen atoms in total. The van der Waals surface area contributed by atoms with Crippen molar-refractivity contribution in [1.82, 2.24) is 30.4 Å². The number of aromatic nitrogens is 4. The summed E-state index contributed by atoms with van der Waals surface area (Å²) >= 11 is 0. The third-order valence-corrected chi connectivity index (χ3v) is 4.19. The van der Waals surface area contributed by atoms with Gasteiger partial charge in [0.25, 0.3) is 0 Å². The van der Waals surface area contributed by atoms with Gasteiger partial charge >= 0.3 is 0 Å². The molecular weight excluding hydrogens is 344 g/mol. The Kier molecular flexibility index (Phi) is 5.88. The number of rotatable bonds is 5. The van der Waals surface area contributed by atoms with Crippen LogP contribution in [0.5, 0.6) is 0 Å². The van der Waals surface area contributed by atoms with E-state index in [4.69, 9.17) is 5.26 Å². The van der Waals surface area contributed by atoms with E-state index in [1.54, 1.807) is 24.5 Å². The Bertz CT molecular complexity index is 822. The van der Waals surface area contributed by atoms with Crippen LogP contribution in [-0.4, -0.2) is 69.7 Å². The molecule has 2 aromatic rings. The van der Waals surface area contributed by atoms with Gasteiger partial charge in [0.05, 0.1) is 18.4 Å². The Hall–Kier alpha value is -3.12. The lowest BCUT2D eigenvalue weighted by Crippen LogP contribution is -2.50. The molecule has 0 bridgehead atoms. The van der Waals surface area contributed by atoms with E-state index in [-0.39, 0.29) is 11.9 Å². The zero-order valence-corrected chi connectivity index (χ0v) is 15.5. The lowest BCUT2D eigenvalue weighted by atomic mass is 10.2. The minimum Gasteiger partial charge on any atom is -0.353 e. The predicted octanol–water partition coefficient (Wildman–Crippen LogP) is 0.452. The molecule has 0 aliphatic carbocycles. The number of nitriles is 1. The Balaban J connectivity index is 1.61. The van der Waals surface area contributed by atoms with Gasteiger partial charge in [-0.2, -0.15) is 10.4 Å². The van der Waals surface area contributed by atoms with Gasteiger partial charge in [0, 0.05) is 44.0 Å². The first-order chi connectivity index (χ1) is 13.0. The van der Waals surface area contributed by atoms with Crippen molar-refractivity contribution in [3.63, 3.8) is 0 Å². The third kappa shape index (κ3) is 4.95. The highest BCUT2D eigenvalue weighted by Crippen LogP contribution is 2.18. The normalized spacial score (nSPS) is 14.8. The van der Waals surface area contributed by atoms with E-state index in [0.717, 1.165) is 31.7 Å². The maximum Gasteiger partial charge on any atom is 0.245 e. The van der Waals surface area contributed by atoms with Crippen LogP contribution >= 0.6 is 0 Å². The molecule has 1 amide bonds. The molecule has 1 N–H and O–H groups in total. The van der Waals surface area contributed by atoms with E-state index >= 15 is 0 Å². The third-order valence-electron chi connectivity index (χ3n) is 4.19. The smallest absolute Gasteiger partial charge is 0.245 e. The van der Waals surface area contributed by atoms with Crippen LogP contribution < -0.4 is 10.2 Å². The molecular formula is C18H22N8O. The number of hydrogen-bond donors (Lipinski definition) is 1. The molecule has 2 aromatic heterocycles. The monoisotopic (exact) mass is 366 g/mol. The number of pyridine rings is 1. The number of carbonyl (C=O) groups is 1. The fourth-order valence-corrected chi connectivity index (χ4v) is 2.86. The summed E-state index contributed by atoms with van der Waals surface area (Å²) in [6.07, 6.45) is 3.19. The zero-order chi connectivity index (χ0) is 19.2. The predicted molar refractivity (Wildman–Crippen MR) is 99.7 cm³/mol. The van der Waals surface area contributed by atoms with E-state index in [0.29, 0.717) is 23.9 Å². The summed E-state index contributed by atoms with van der Waals surface area (Å²) in [4.78, 5) is 24.7. The van der Waals surface area contributed by atoms with Gasteiger partial charge in [-0.3, -0.25) is 9.69 Å². The Morgan fingerprint density at radius 3 is 2.67 bits per heavy atom. The maximum atomic E-state index is 11.9. The van der Waals surface area contributed by atoms with E-state index in [1.807, 2.05) is 19.9 Å². The van der Waals surface area contributed by atoms with Gasteiger partial charge in [-0.1, -0.05) is 0 Å². The van der Waals surface area contributed by atoms with Crippen molar-refractivity contribution in [3.8, 4) is 17.3 Å². The van der Waals surface area contributed by atoms with Crippen molar-refractivity contribution in [1.29, 1.82) is 5.26 Å². The molecule has 1 saturated heterocycles. The van der Waals surface area contributed by atoms with Crippen molar-refractivity contribution >= 4 is 11.9 Å². The van der Waals surface area contributed by atoms with Crippen LogP contribution in [0.15, 0.2) is 24.5 Å². The molecule has 140 valence electrons. The van der Waals surface area contributed by atoms with Crippen LogP contribution in [0.4, 0.5) is 5.95 Å². The Labute approximate surface area is 158 Å². The van der Waals surface area contributed by atoms with E-state index in [9.17, 15) is 4.79 Å². The molecule has 0 saturated carbocycles. The van der Waals surface area contributed by atoms with Crippen molar-refractivity contribution in [2.24, 2.45) is 0 Å². The number of nitrogens with one attached hydrogen (secondary N) is 1. The highest BCUT2D eigenvalue weighted by Gasteiger charge is 2.21. The molecule has 0 spiro atoms. The lowest BCUT2D eigenvalue weighted by molar-refractivity contribution is -0.122. The number of carbonyl (C=O) groups excluding carboxylic acids is 1. The maximum absolute atomic E-state index is 11.9. The van der Waals surface area contributed by atoms with Gasteiger partial charge in [-0.15, -0.1) is 5.10 Å². The first-order valence-electron chi connectivity index (χ1n) is 8.88. The Morgan fingerprint density at radius 2 is 2.04 bits per heavy atom. The molecule has 0 unspecified atom stereocenters. The van der Waals surface area contributed by atoms with Gasteiger partial charge < -0.3 is 10.2 Å². The average Bonchev–Trinajstić information content (AvgIpc) is 2.68. The molecule has 1 aliphatic heterocycles. The average molecular weight is 366 g/mol. The SMILES string of the molecule is CC(C)NC(=O)CN1CCN(c2nncc(-c3ccc(C#N)nc3)n2)CC1. The largest absolute Gasteiger partial charge is 0.353 e. The molecule has 3 rings (SSSR count). The van der Waals surface area contributed by atoms with Crippen LogP contribution in [0.1, 0.15) is 19.5 Å². The van der Waals surface area contributed by atoms with Crippen molar-refractivity contribution in [2.45, 2.75) is 19.9 Å². The summed E-state index contributed by atoms with van der Waals surface area (Å²) in [5.41, 5.74) is 1.81. The molecule has 1 fully saturated rings. The summed E-state index contributed by atoms with van der Waals surface area (Å²) in [6, 6.07) is 5.59. The quantitative estimate of drug-likeness (QED) is 0.812. The number of hydrogen-bond acceptors (Lipinski definition) is 8. The standard InChI is InChI=1S/C18H22N8O/c1-13(2)22-17(27)12-25-5-7-26(8-6-25)18-23-16(11-21-24-18)14-3-4-15(9-19)20-10-14/h3-4,10-11,13H,5-8,12H2,1-2H3,(H,22,27). The molecule has 0 radical (unpaired) electrons. The summed E-state index contributed by atoms with van der Waals surface area (Å²) in [7, 11) is 0. The summed E-state index contributed by atoms with van der Waals surface area (Å²) in [5.74, 6) is 0.606. The second-order valence-corrected chi connectivity index (χ2v) is 6.67. The first kappa shape index (κ1) is 18.7. The summed E-state index contributed by atoms with van der Waals surface area (Å²) in [5, 5.41) is 20.0. The topological polar surface area (TPSA) is 111 Å². The van der Waals surface area contributed by atoms with Gasteiger partial charge in [0.15, 0.2) is 0 Å². The highest BCUT2D eigenvalue weighted by atomic mass is 16.2. The second-order valence-electron chi connectivity index (χ2n) is 6.67. The number of amides is 1. The second kappa shape index (κ2) is 8.51. The van der Waals surface area contributed by atoms with Crippen molar-refractivity contribution in [2.75, 3.05) is 37.6 Å². The molecule has 1 aliphatic rings. The number of nitrogens with zero attached hydrogens (tertiary/aromatic N) is 7. The molecule has 0 atom stereocenters. The van der Waals surface area contributed by atoms with Crippen molar-refractivity contribution < 1.29 is 4.79 Å². The van der Waals surface area contributed by atoms with E-state index in [2.05, 4.69) is 35.3 Å². The van der Waals surface area contributed by atoms with Crippen LogP contribution in [0, 0.1) is 11.3 Å². The summed E-state index contributed by atoms with van der Waals surface area (Å²) in [6.45, 7) is 7.29. The van der Waals surface area contributed by atoms with E-state index < -0.39 is 0 Å². The number of piperazine rings is 1. The van der Waals surface area contributed by atoms with Crippen LogP contribution in [0.25, 0.3) is 11.3 Å². The minimum atomic E-state index is 0.0479. The van der Waals surface area contributed by atoms with Crippen LogP contribution in [-0.2, 0) is 4.79 Å². The fourth-order valence-electron chi connectivity index (χ4n) is 2.86. The minimum absolute atomic E-state index is 0.0479. The van der Waals surface area contributed by atoms with Gasteiger partial charge in [0.1, 0.15) is 11.8 Å². The molecule has 27 heavy (non-hydrogen) atoms. The highest BCUT2D eigenvalue weighted by molar-refractivity contribution is 5.78. The van der Waals surface area contributed by atoms with Gasteiger partial charge in [-0.05, 0) is 26.0 Å². The molecule has 0 aromatic carbocycles. The summed E-state index contributed by atoms with van der Waals surface area (Å²) < 4.78 is 0. The van der Waals surface area contributed by atoms with Crippen molar-refractivity contribution in [3.05, 3.63) is 30.2 Å². The van der Waals surface area contributed by atoms with Gasteiger partial charge in [0.2, 0.25) is 11.9 Å². The Morgan fingerprint density at radius 1 is 1.26 bits per heavy atom.